The van der Waals surface area contributed by atoms with E-state index in [1.54, 1.807) is 42.7 Å². The number of esters is 1. The van der Waals surface area contributed by atoms with Crippen LogP contribution in [0.1, 0.15) is 40.9 Å². The molecule has 1 aliphatic heterocycles. The molecule has 0 spiro atoms. The van der Waals surface area contributed by atoms with Gasteiger partial charge >= 0.3 is 5.97 Å². The number of Topliss-reactive ketones (excluding diaryl/α,β-unsaturated/α-hetero) is 1. The van der Waals surface area contributed by atoms with Gasteiger partial charge in [-0.05, 0) is 71.7 Å². The zero-order valence-corrected chi connectivity index (χ0v) is 22.9. The second-order valence-corrected chi connectivity index (χ2v) is 9.43. The Hall–Kier alpha value is -4.04. The summed E-state index contributed by atoms with van der Waals surface area (Å²) in [7, 11) is 0. The number of rotatable bonds is 11. The molecule has 0 aliphatic carbocycles. The Morgan fingerprint density at radius 2 is 1.87 bits per heavy atom. The molecule has 4 rings (SSSR count). The molecular formula is C30H28BrN3O4. The predicted octanol–water partition coefficient (Wildman–Crippen LogP) is 6.03. The normalized spacial score (nSPS) is 13.7. The fraction of sp³-hybridized carbons (Fsp3) is 0.200. The van der Waals surface area contributed by atoms with Crippen LogP contribution in [-0.4, -0.2) is 42.3 Å². The Balaban J connectivity index is 1.54. The molecule has 0 amide bonds. The predicted molar refractivity (Wildman–Crippen MR) is 153 cm³/mol. The van der Waals surface area contributed by atoms with E-state index in [0.717, 1.165) is 34.4 Å². The van der Waals surface area contributed by atoms with Crippen molar-refractivity contribution < 1.29 is 19.1 Å². The molecule has 0 bridgehead atoms. The van der Waals surface area contributed by atoms with Gasteiger partial charge in [-0.3, -0.25) is 9.78 Å². The Kier molecular flexibility index (Phi) is 8.86. The van der Waals surface area contributed by atoms with Gasteiger partial charge in [-0.25, -0.2) is 9.79 Å². The number of ketones is 1. The molecule has 0 unspecified atom stereocenters. The Morgan fingerprint density at radius 1 is 1.11 bits per heavy atom. The fourth-order valence-electron chi connectivity index (χ4n) is 4.00. The third kappa shape index (κ3) is 6.44. The number of carbonyl (C=O) groups is 2. The number of benzene rings is 2. The lowest BCUT2D eigenvalue weighted by Crippen LogP contribution is -2.21. The van der Waals surface area contributed by atoms with Crippen molar-refractivity contribution in [2.45, 2.75) is 20.3 Å². The average Bonchev–Trinajstić information content (AvgIpc) is 3.29. The van der Waals surface area contributed by atoms with Gasteiger partial charge in [0.1, 0.15) is 12.4 Å². The first-order valence-corrected chi connectivity index (χ1v) is 13.1. The minimum absolute atomic E-state index is 0.0390. The van der Waals surface area contributed by atoms with Gasteiger partial charge in [0.05, 0.1) is 0 Å². The number of anilines is 1. The highest BCUT2D eigenvalue weighted by molar-refractivity contribution is 9.10. The molecule has 0 saturated heterocycles. The van der Waals surface area contributed by atoms with E-state index in [0.29, 0.717) is 23.5 Å². The molecule has 194 valence electrons. The van der Waals surface area contributed by atoms with E-state index >= 15 is 0 Å². The summed E-state index contributed by atoms with van der Waals surface area (Å²) in [4.78, 5) is 35.9. The maximum Gasteiger partial charge on any atom is 0.363 e. The zero-order chi connectivity index (χ0) is 27.1. The van der Waals surface area contributed by atoms with Crippen molar-refractivity contribution in [2.24, 2.45) is 4.99 Å². The molecular weight excluding hydrogens is 546 g/mol. The number of cyclic esters (lactones) is 1. The maximum absolute atomic E-state index is 12.6. The summed E-state index contributed by atoms with van der Waals surface area (Å²) in [6.45, 7) is 9.99. The van der Waals surface area contributed by atoms with Crippen molar-refractivity contribution in [3.8, 4) is 5.75 Å². The molecule has 3 aromatic rings. The van der Waals surface area contributed by atoms with Crippen LogP contribution >= 0.6 is 15.9 Å². The monoisotopic (exact) mass is 573 g/mol. The minimum Gasteiger partial charge on any atom is -0.489 e. The largest absolute Gasteiger partial charge is 0.489 e. The van der Waals surface area contributed by atoms with Gasteiger partial charge in [-0.1, -0.05) is 24.8 Å². The molecule has 1 aliphatic rings. The molecule has 1 aromatic heterocycles. The highest BCUT2D eigenvalue weighted by atomic mass is 79.9. The summed E-state index contributed by atoms with van der Waals surface area (Å²) in [6.07, 6.45) is 6.75. The Bertz CT molecular complexity index is 1410. The van der Waals surface area contributed by atoms with Crippen LogP contribution in [-0.2, 0) is 16.0 Å². The number of carbonyl (C=O) groups excluding carboxylic acids is 2. The van der Waals surface area contributed by atoms with Crippen LogP contribution in [0, 0.1) is 0 Å². The number of halogens is 1. The van der Waals surface area contributed by atoms with Crippen molar-refractivity contribution >= 4 is 45.3 Å². The van der Waals surface area contributed by atoms with Gasteiger partial charge in [-0.15, -0.1) is 0 Å². The molecule has 2 heterocycles. The SMILES string of the molecule is C=CCOc1cc(N(CC)CC)ccc1C=C1N=C(c2ccc(CC(=O)c3cncc(Br)c3)cc2)OC1=O. The lowest BCUT2D eigenvalue weighted by atomic mass is 10.0. The number of aliphatic imine (C=N–C) groups is 1. The van der Waals surface area contributed by atoms with Crippen molar-refractivity contribution in [3.05, 3.63) is 106 Å². The van der Waals surface area contributed by atoms with Gasteiger partial charge in [0, 0.05) is 64.8 Å². The fourth-order valence-corrected chi connectivity index (χ4v) is 4.36. The van der Waals surface area contributed by atoms with E-state index < -0.39 is 5.97 Å². The standard InChI is InChI=1S/C30H28BrN3O4/c1-4-13-37-28-17-25(34(5-2)6-3)12-11-22(28)16-26-30(36)38-29(33-26)21-9-7-20(8-10-21)14-27(35)23-15-24(31)19-32-18-23/h4,7-12,15-19H,1,5-6,13-14H2,2-3H3. The topological polar surface area (TPSA) is 81.1 Å². The summed E-state index contributed by atoms with van der Waals surface area (Å²) >= 11 is 3.34. The van der Waals surface area contributed by atoms with Crippen LogP contribution in [0.2, 0.25) is 0 Å². The smallest absolute Gasteiger partial charge is 0.363 e. The summed E-state index contributed by atoms with van der Waals surface area (Å²) in [5.74, 6) is 0.267. The third-order valence-electron chi connectivity index (χ3n) is 5.99. The Labute approximate surface area is 230 Å². The molecule has 0 radical (unpaired) electrons. The second-order valence-electron chi connectivity index (χ2n) is 8.52. The molecule has 0 N–H and O–H groups in total. The molecule has 2 aromatic carbocycles. The van der Waals surface area contributed by atoms with E-state index in [4.69, 9.17) is 9.47 Å². The number of aromatic nitrogens is 1. The lowest BCUT2D eigenvalue weighted by molar-refractivity contribution is -0.129. The van der Waals surface area contributed by atoms with Crippen LogP contribution < -0.4 is 9.64 Å². The van der Waals surface area contributed by atoms with Crippen molar-refractivity contribution in [3.63, 3.8) is 0 Å². The zero-order valence-electron chi connectivity index (χ0n) is 21.3. The van der Waals surface area contributed by atoms with E-state index in [9.17, 15) is 9.59 Å². The average molecular weight is 574 g/mol. The van der Waals surface area contributed by atoms with Crippen molar-refractivity contribution in [2.75, 3.05) is 24.6 Å². The lowest BCUT2D eigenvalue weighted by Gasteiger charge is -2.22. The third-order valence-corrected chi connectivity index (χ3v) is 6.42. The highest BCUT2D eigenvalue weighted by Gasteiger charge is 2.25. The molecule has 0 fully saturated rings. The molecule has 0 saturated carbocycles. The molecule has 0 atom stereocenters. The van der Waals surface area contributed by atoms with Crippen LogP contribution in [0.4, 0.5) is 5.69 Å². The first-order chi connectivity index (χ1) is 18.4. The van der Waals surface area contributed by atoms with Crippen LogP contribution in [0.5, 0.6) is 5.75 Å². The summed E-state index contributed by atoms with van der Waals surface area (Å²) in [5.41, 5.74) is 3.94. The summed E-state index contributed by atoms with van der Waals surface area (Å²) < 4.78 is 12.1. The number of hydrogen-bond donors (Lipinski definition) is 0. The second kappa shape index (κ2) is 12.5. The van der Waals surface area contributed by atoms with E-state index in [1.807, 2.05) is 30.3 Å². The first kappa shape index (κ1) is 27.0. The minimum atomic E-state index is -0.538. The van der Waals surface area contributed by atoms with E-state index in [1.165, 1.54) is 0 Å². The van der Waals surface area contributed by atoms with Crippen LogP contribution in [0.3, 0.4) is 0 Å². The quantitative estimate of drug-likeness (QED) is 0.121. The van der Waals surface area contributed by atoms with Gasteiger partial charge in [-0.2, -0.15) is 0 Å². The van der Waals surface area contributed by atoms with Crippen molar-refractivity contribution in [1.29, 1.82) is 0 Å². The van der Waals surface area contributed by atoms with E-state index in [2.05, 4.69) is 51.2 Å². The van der Waals surface area contributed by atoms with Crippen LogP contribution in [0.25, 0.3) is 6.08 Å². The number of hydrogen-bond acceptors (Lipinski definition) is 7. The number of ether oxygens (including phenoxy) is 2. The molecule has 8 heteroatoms. The molecule has 7 nitrogen and oxygen atoms in total. The van der Waals surface area contributed by atoms with Gasteiger partial charge in [0.2, 0.25) is 5.90 Å². The maximum atomic E-state index is 12.6. The summed E-state index contributed by atoms with van der Waals surface area (Å²) in [6, 6.07) is 14.8. The molecule has 38 heavy (non-hydrogen) atoms. The first-order valence-electron chi connectivity index (χ1n) is 12.3. The van der Waals surface area contributed by atoms with Gasteiger partial charge in [0.15, 0.2) is 11.5 Å². The van der Waals surface area contributed by atoms with E-state index in [-0.39, 0.29) is 23.8 Å². The van der Waals surface area contributed by atoms with Gasteiger partial charge < -0.3 is 14.4 Å². The summed E-state index contributed by atoms with van der Waals surface area (Å²) in [5, 5.41) is 0. The highest BCUT2D eigenvalue weighted by Crippen LogP contribution is 2.29. The van der Waals surface area contributed by atoms with Crippen LogP contribution in [0.15, 0.2) is 88.7 Å². The number of nitrogens with zero attached hydrogens (tertiary/aromatic N) is 3. The number of pyridine rings is 1. The van der Waals surface area contributed by atoms with Crippen molar-refractivity contribution in [1.82, 2.24) is 4.98 Å². The van der Waals surface area contributed by atoms with Gasteiger partial charge in [0.25, 0.3) is 0 Å². The Morgan fingerprint density at radius 3 is 2.55 bits per heavy atom.